The number of hydrogen-bond acceptors (Lipinski definition) is 2. The van der Waals surface area contributed by atoms with Gasteiger partial charge < -0.3 is 0 Å². The molecule has 0 aliphatic carbocycles. The van der Waals surface area contributed by atoms with Gasteiger partial charge in [-0.1, -0.05) is 0 Å². The van der Waals surface area contributed by atoms with Gasteiger partial charge in [-0.05, 0) is 36.4 Å². The first kappa shape index (κ1) is 15.4. The largest absolute Gasteiger partial charge is 0.293 e. The summed E-state index contributed by atoms with van der Waals surface area (Å²) in [6, 6.07) is 5.15. The highest BCUT2D eigenvalue weighted by Crippen LogP contribution is 2.15. The van der Waals surface area contributed by atoms with Gasteiger partial charge in [0.25, 0.3) is 0 Å². The van der Waals surface area contributed by atoms with Gasteiger partial charge in [0.15, 0.2) is 29.1 Å². The van der Waals surface area contributed by atoms with Gasteiger partial charge in [0.2, 0.25) is 0 Å². The summed E-state index contributed by atoms with van der Waals surface area (Å²) in [4.78, 5) is 11.7. The van der Waals surface area contributed by atoms with E-state index >= 15 is 0 Å². The molecule has 0 saturated heterocycles. The van der Waals surface area contributed by atoms with Crippen LogP contribution in [0.3, 0.4) is 0 Å². The first-order valence-electron chi connectivity index (χ1n) is 5.70. The SMILES string of the molecule is O=C(CS(=O)c1ccc(F)c(F)c1)c1ccc(F)c(F)c1. The molecule has 2 aromatic carbocycles. The molecule has 0 aromatic heterocycles. The normalized spacial score (nSPS) is 12.2. The number of benzene rings is 2. The summed E-state index contributed by atoms with van der Waals surface area (Å²) >= 11 is 0. The number of halogens is 4. The Bertz CT molecular complexity index is 669. The fourth-order valence-corrected chi connectivity index (χ4v) is 2.60. The van der Waals surface area contributed by atoms with E-state index in [-0.39, 0.29) is 10.5 Å². The Kier molecular flexibility index (Phi) is 4.52. The van der Waals surface area contributed by atoms with Crippen LogP contribution in [-0.2, 0) is 10.8 Å². The van der Waals surface area contributed by atoms with E-state index in [4.69, 9.17) is 0 Å². The van der Waals surface area contributed by atoms with Crippen LogP contribution in [-0.4, -0.2) is 15.7 Å². The van der Waals surface area contributed by atoms with E-state index < -0.39 is 45.6 Å². The Hall–Kier alpha value is -2.02. The molecule has 2 nitrogen and oxygen atoms in total. The standard InChI is InChI=1S/C14H8F4O2S/c15-10-3-1-8(5-12(10)17)14(19)7-21(20)9-2-4-11(16)13(18)6-9/h1-6H,7H2. The predicted molar refractivity (Wildman–Crippen MR) is 68.3 cm³/mol. The second kappa shape index (κ2) is 6.17. The van der Waals surface area contributed by atoms with Crippen molar-refractivity contribution >= 4 is 16.6 Å². The summed E-state index contributed by atoms with van der Waals surface area (Å²) in [6.07, 6.45) is 0. The number of carbonyl (C=O) groups excluding carboxylic acids is 1. The Balaban J connectivity index is 2.16. The van der Waals surface area contributed by atoms with Gasteiger partial charge in [0.05, 0.1) is 16.6 Å². The van der Waals surface area contributed by atoms with Crippen LogP contribution in [0, 0.1) is 23.3 Å². The third-order valence-corrected chi connectivity index (χ3v) is 3.96. The van der Waals surface area contributed by atoms with Crippen LogP contribution < -0.4 is 0 Å². The highest BCUT2D eigenvalue weighted by molar-refractivity contribution is 7.85. The summed E-state index contributed by atoms with van der Waals surface area (Å²) in [5.74, 6) is -5.82. The molecule has 2 rings (SSSR count). The van der Waals surface area contributed by atoms with Crippen molar-refractivity contribution in [2.24, 2.45) is 0 Å². The smallest absolute Gasteiger partial charge is 0.175 e. The van der Waals surface area contributed by atoms with E-state index in [2.05, 4.69) is 0 Å². The van der Waals surface area contributed by atoms with Gasteiger partial charge in [-0.25, -0.2) is 17.6 Å². The van der Waals surface area contributed by atoms with Crippen LogP contribution in [0.4, 0.5) is 17.6 Å². The zero-order valence-corrected chi connectivity index (χ0v) is 11.2. The van der Waals surface area contributed by atoms with Crippen molar-refractivity contribution in [2.75, 3.05) is 5.75 Å². The van der Waals surface area contributed by atoms with Crippen molar-refractivity contribution < 1.29 is 26.6 Å². The molecule has 0 aliphatic heterocycles. The molecule has 2 aromatic rings. The number of hydrogen-bond donors (Lipinski definition) is 0. The highest BCUT2D eigenvalue weighted by atomic mass is 32.2. The van der Waals surface area contributed by atoms with E-state index in [1.165, 1.54) is 0 Å². The molecule has 0 bridgehead atoms. The first-order valence-corrected chi connectivity index (χ1v) is 7.02. The predicted octanol–water partition coefficient (Wildman–Crippen LogP) is 3.23. The lowest BCUT2D eigenvalue weighted by Crippen LogP contribution is -2.12. The molecule has 110 valence electrons. The number of carbonyl (C=O) groups is 1. The van der Waals surface area contributed by atoms with Crippen molar-refractivity contribution in [3.05, 3.63) is 65.2 Å². The summed E-state index contributed by atoms with van der Waals surface area (Å²) in [5.41, 5.74) is -0.148. The summed E-state index contributed by atoms with van der Waals surface area (Å²) in [7, 11) is -1.92. The van der Waals surface area contributed by atoms with E-state index in [1.807, 2.05) is 0 Å². The van der Waals surface area contributed by atoms with Crippen LogP contribution in [0.25, 0.3) is 0 Å². The van der Waals surface area contributed by atoms with Crippen LogP contribution >= 0.6 is 0 Å². The fourth-order valence-electron chi connectivity index (χ4n) is 1.57. The van der Waals surface area contributed by atoms with Crippen molar-refractivity contribution in [1.82, 2.24) is 0 Å². The van der Waals surface area contributed by atoms with Gasteiger partial charge in [-0.2, -0.15) is 0 Å². The lowest BCUT2D eigenvalue weighted by Gasteiger charge is -2.04. The minimum atomic E-state index is -1.92. The molecule has 7 heteroatoms. The van der Waals surface area contributed by atoms with Crippen molar-refractivity contribution in [2.45, 2.75) is 4.90 Å². The Morgan fingerprint density at radius 2 is 1.43 bits per heavy atom. The third kappa shape index (κ3) is 3.55. The quantitative estimate of drug-likeness (QED) is 0.641. The average Bonchev–Trinajstić information content (AvgIpc) is 2.44. The second-order valence-electron chi connectivity index (χ2n) is 4.12. The highest BCUT2D eigenvalue weighted by Gasteiger charge is 2.15. The molecular weight excluding hydrogens is 308 g/mol. The maximum Gasteiger partial charge on any atom is 0.175 e. The molecule has 0 spiro atoms. The van der Waals surface area contributed by atoms with Crippen molar-refractivity contribution in [3.8, 4) is 0 Å². The van der Waals surface area contributed by atoms with Crippen LogP contribution in [0.1, 0.15) is 10.4 Å². The maximum atomic E-state index is 13.0. The topological polar surface area (TPSA) is 34.1 Å². The number of Topliss-reactive ketones (excluding diaryl/α,β-unsaturated/α-hetero) is 1. The maximum absolute atomic E-state index is 13.0. The molecule has 0 amide bonds. The second-order valence-corrected chi connectivity index (χ2v) is 5.57. The van der Waals surface area contributed by atoms with Gasteiger partial charge >= 0.3 is 0 Å². The Labute approximate surface area is 119 Å². The molecule has 1 unspecified atom stereocenters. The molecule has 0 aliphatic rings. The summed E-state index contributed by atoms with van der Waals surface area (Å²) < 4.78 is 63.4. The zero-order chi connectivity index (χ0) is 15.6. The molecular formula is C14H8F4O2S. The third-order valence-electron chi connectivity index (χ3n) is 2.66. The summed E-state index contributed by atoms with van der Waals surface area (Å²) in [6.45, 7) is 0. The molecule has 1 atom stereocenters. The molecule has 0 fully saturated rings. The molecule has 21 heavy (non-hydrogen) atoms. The molecule has 0 heterocycles. The van der Waals surface area contributed by atoms with Crippen LogP contribution in [0.2, 0.25) is 0 Å². The van der Waals surface area contributed by atoms with Crippen molar-refractivity contribution in [1.29, 1.82) is 0 Å². The van der Waals surface area contributed by atoms with E-state index in [0.717, 1.165) is 30.3 Å². The summed E-state index contributed by atoms with van der Waals surface area (Å²) in [5, 5.41) is 0. The van der Waals surface area contributed by atoms with E-state index in [0.29, 0.717) is 6.07 Å². The monoisotopic (exact) mass is 316 g/mol. The van der Waals surface area contributed by atoms with Crippen LogP contribution in [0.15, 0.2) is 41.3 Å². The minimum Gasteiger partial charge on any atom is -0.293 e. The van der Waals surface area contributed by atoms with Crippen LogP contribution in [0.5, 0.6) is 0 Å². The Morgan fingerprint density at radius 3 is 2.00 bits per heavy atom. The molecule has 0 saturated carbocycles. The Morgan fingerprint density at radius 1 is 0.857 bits per heavy atom. The number of ketones is 1. The van der Waals surface area contributed by atoms with Gasteiger partial charge in [-0.3, -0.25) is 9.00 Å². The zero-order valence-electron chi connectivity index (χ0n) is 10.4. The minimum absolute atomic E-state index is 0.0650. The van der Waals surface area contributed by atoms with Gasteiger partial charge in [0, 0.05) is 10.5 Å². The van der Waals surface area contributed by atoms with Crippen molar-refractivity contribution in [3.63, 3.8) is 0 Å². The first-order chi connectivity index (χ1) is 9.88. The average molecular weight is 316 g/mol. The molecule has 0 radical (unpaired) electrons. The van der Waals surface area contributed by atoms with Gasteiger partial charge in [-0.15, -0.1) is 0 Å². The van der Waals surface area contributed by atoms with E-state index in [1.54, 1.807) is 0 Å². The fraction of sp³-hybridized carbons (Fsp3) is 0.0714. The van der Waals surface area contributed by atoms with Gasteiger partial charge in [0.1, 0.15) is 0 Å². The van der Waals surface area contributed by atoms with E-state index in [9.17, 15) is 26.6 Å². The lowest BCUT2D eigenvalue weighted by atomic mass is 10.1. The molecule has 0 N–H and O–H groups in total. The number of rotatable bonds is 4. The lowest BCUT2D eigenvalue weighted by molar-refractivity contribution is 0.102.